The predicted octanol–water partition coefficient (Wildman–Crippen LogP) is 4.12. The van der Waals surface area contributed by atoms with E-state index in [-0.39, 0.29) is 17.1 Å². The highest BCUT2D eigenvalue weighted by atomic mass is 79.9. The normalized spacial score (nSPS) is 10.7. The molecular formula is C19H14BrClN2O5. The van der Waals surface area contributed by atoms with E-state index in [2.05, 4.69) is 21.2 Å². The smallest absolute Gasteiger partial charge is 0.341 e. The summed E-state index contributed by atoms with van der Waals surface area (Å²) in [5.41, 5.74) is 0.770. The Morgan fingerprint density at radius 2 is 2.07 bits per heavy atom. The summed E-state index contributed by atoms with van der Waals surface area (Å²) in [7, 11) is 1.39. The van der Waals surface area contributed by atoms with Gasteiger partial charge in [-0.2, -0.15) is 5.26 Å². The molecule has 0 bridgehead atoms. The quantitative estimate of drug-likeness (QED) is 0.470. The summed E-state index contributed by atoms with van der Waals surface area (Å²) in [4.78, 5) is 23.1. The highest BCUT2D eigenvalue weighted by molar-refractivity contribution is 9.10. The van der Waals surface area contributed by atoms with Gasteiger partial charge in [-0.25, -0.2) is 4.79 Å². The van der Waals surface area contributed by atoms with Crippen LogP contribution >= 0.6 is 27.5 Å². The summed E-state index contributed by atoms with van der Waals surface area (Å²) >= 11 is 9.20. The Morgan fingerprint density at radius 3 is 2.68 bits per heavy atom. The SMILES string of the molecule is COc1cc(/C=C(\C#N)C(=O)Nc2cccc(Cl)c2)c(Br)cc1OCC(=O)O. The molecule has 2 N–H and O–H groups in total. The van der Waals surface area contributed by atoms with E-state index in [1.165, 1.54) is 25.3 Å². The summed E-state index contributed by atoms with van der Waals surface area (Å²) in [6, 6.07) is 11.4. The molecule has 0 saturated heterocycles. The summed E-state index contributed by atoms with van der Waals surface area (Å²) in [6.45, 7) is -0.538. The first-order chi connectivity index (χ1) is 13.3. The van der Waals surface area contributed by atoms with Crippen molar-refractivity contribution in [2.45, 2.75) is 0 Å². The summed E-state index contributed by atoms with van der Waals surface area (Å²) < 4.78 is 10.8. The zero-order chi connectivity index (χ0) is 20.7. The number of hydrogen-bond donors (Lipinski definition) is 2. The molecular weight excluding hydrogens is 452 g/mol. The Morgan fingerprint density at radius 1 is 1.32 bits per heavy atom. The van der Waals surface area contributed by atoms with Crippen molar-refractivity contribution >= 4 is 51.2 Å². The molecule has 2 rings (SSSR count). The lowest BCUT2D eigenvalue weighted by Crippen LogP contribution is -2.13. The second-order valence-corrected chi connectivity index (χ2v) is 6.63. The van der Waals surface area contributed by atoms with Gasteiger partial charge in [0, 0.05) is 15.2 Å². The average molecular weight is 466 g/mol. The molecule has 1 amide bonds. The number of amides is 1. The van der Waals surface area contributed by atoms with Crippen LogP contribution in [0.4, 0.5) is 5.69 Å². The molecule has 0 aromatic heterocycles. The number of carboxylic acid groups (broad SMARTS) is 1. The summed E-state index contributed by atoms with van der Waals surface area (Å²) in [5.74, 6) is -1.28. The third kappa shape index (κ3) is 5.74. The molecule has 0 aliphatic carbocycles. The Kier molecular flexibility index (Phi) is 7.44. The molecule has 0 saturated carbocycles. The van der Waals surface area contributed by atoms with Crippen LogP contribution in [0.3, 0.4) is 0 Å². The maximum Gasteiger partial charge on any atom is 0.341 e. The van der Waals surface area contributed by atoms with Crippen LogP contribution in [0.25, 0.3) is 6.08 Å². The van der Waals surface area contributed by atoms with Crippen LogP contribution in [0, 0.1) is 11.3 Å². The second kappa shape index (κ2) is 9.78. The van der Waals surface area contributed by atoms with Crippen molar-refractivity contribution in [1.82, 2.24) is 0 Å². The van der Waals surface area contributed by atoms with E-state index in [0.717, 1.165) is 0 Å². The first kappa shape index (κ1) is 21.3. The Balaban J connectivity index is 2.31. The molecule has 0 atom stereocenters. The van der Waals surface area contributed by atoms with Gasteiger partial charge in [0.25, 0.3) is 5.91 Å². The number of benzene rings is 2. The Bertz CT molecular complexity index is 985. The van der Waals surface area contributed by atoms with Crippen LogP contribution in [0.5, 0.6) is 11.5 Å². The van der Waals surface area contributed by atoms with Crippen LogP contribution in [-0.2, 0) is 9.59 Å². The van der Waals surface area contributed by atoms with Crippen molar-refractivity contribution in [2.75, 3.05) is 19.0 Å². The van der Waals surface area contributed by atoms with E-state index in [4.69, 9.17) is 26.2 Å². The van der Waals surface area contributed by atoms with Crippen molar-refractivity contribution in [3.63, 3.8) is 0 Å². The van der Waals surface area contributed by atoms with Crippen LogP contribution in [0.1, 0.15) is 5.56 Å². The van der Waals surface area contributed by atoms with Crippen molar-refractivity contribution in [3.05, 3.63) is 57.0 Å². The number of hydrogen-bond acceptors (Lipinski definition) is 5. The number of carboxylic acids is 1. The predicted molar refractivity (Wildman–Crippen MR) is 107 cm³/mol. The molecule has 2 aromatic carbocycles. The van der Waals surface area contributed by atoms with Crippen molar-refractivity contribution in [3.8, 4) is 17.6 Å². The molecule has 144 valence electrons. The van der Waals surface area contributed by atoms with Gasteiger partial charge in [0.2, 0.25) is 0 Å². The maximum absolute atomic E-state index is 12.4. The average Bonchev–Trinajstić information content (AvgIpc) is 2.65. The first-order valence-corrected chi connectivity index (χ1v) is 8.92. The van der Waals surface area contributed by atoms with Crippen LogP contribution in [-0.4, -0.2) is 30.7 Å². The van der Waals surface area contributed by atoms with Crippen LogP contribution in [0.2, 0.25) is 5.02 Å². The number of halogens is 2. The monoisotopic (exact) mass is 464 g/mol. The zero-order valence-corrected chi connectivity index (χ0v) is 16.9. The van der Waals surface area contributed by atoms with E-state index in [1.54, 1.807) is 24.3 Å². The number of carbonyl (C=O) groups excluding carboxylic acids is 1. The molecule has 0 radical (unpaired) electrons. The third-order valence-electron chi connectivity index (χ3n) is 3.38. The number of nitriles is 1. The van der Waals surface area contributed by atoms with E-state index in [1.807, 2.05) is 6.07 Å². The minimum absolute atomic E-state index is 0.151. The van der Waals surface area contributed by atoms with Gasteiger partial charge in [-0.05, 0) is 42.0 Å². The van der Waals surface area contributed by atoms with E-state index < -0.39 is 18.5 Å². The lowest BCUT2D eigenvalue weighted by atomic mass is 10.1. The summed E-state index contributed by atoms with van der Waals surface area (Å²) in [6.07, 6.45) is 1.37. The van der Waals surface area contributed by atoms with Gasteiger partial charge in [0.05, 0.1) is 7.11 Å². The number of nitrogens with zero attached hydrogens (tertiary/aromatic N) is 1. The molecule has 0 fully saturated rings. The van der Waals surface area contributed by atoms with E-state index in [0.29, 0.717) is 20.7 Å². The largest absolute Gasteiger partial charge is 0.493 e. The number of carbonyl (C=O) groups is 2. The van der Waals surface area contributed by atoms with Gasteiger partial charge in [-0.1, -0.05) is 33.6 Å². The van der Waals surface area contributed by atoms with Crippen LogP contribution < -0.4 is 14.8 Å². The summed E-state index contributed by atoms with van der Waals surface area (Å²) in [5, 5.41) is 21.1. The molecule has 9 heteroatoms. The number of nitrogens with one attached hydrogen (secondary N) is 1. The van der Waals surface area contributed by atoms with Gasteiger partial charge in [-0.15, -0.1) is 0 Å². The Hall–Kier alpha value is -3.02. The van der Waals surface area contributed by atoms with Crippen molar-refractivity contribution in [1.29, 1.82) is 5.26 Å². The minimum atomic E-state index is -1.13. The minimum Gasteiger partial charge on any atom is -0.493 e. The van der Waals surface area contributed by atoms with Gasteiger partial charge in [-0.3, -0.25) is 4.79 Å². The first-order valence-electron chi connectivity index (χ1n) is 7.75. The fourth-order valence-electron chi connectivity index (χ4n) is 2.14. The number of ether oxygens (including phenoxy) is 2. The maximum atomic E-state index is 12.4. The highest BCUT2D eigenvalue weighted by Crippen LogP contribution is 2.34. The lowest BCUT2D eigenvalue weighted by molar-refractivity contribution is -0.139. The third-order valence-corrected chi connectivity index (χ3v) is 4.30. The van der Waals surface area contributed by atoms with E-state index >= 15 is 0 Å². The number of rotatable bonds is 7. The van der Waals surface area contributed by atoms with E-state index in [9.17, 15) is 14.9 Å². The second-order valence-electron chi connectivity index (χ2n) is 5.34. The molecule has 0 unspecified atom stereocenters. The molecule has 2 aromatic rings. The fraction of sp³-hybridized carbons (Fsp3) is 0.105. The molecule has 7 nitrogen and oxygen atoms in total. The lowest BCUT2D eigenvalue weighted by Gasteiger charge is -2.12. The molecule has 0 heterocycles. The number of anilines is 1. The topological polar surface area (TPSA) is 109 Å². The Labute approximate surface area is 174 Å². The van der Waals surface area contributed by atoms with Gasteiger partial charge >= 0.3 is 5.97 Å². The highest BCUT2D eigenvalue weighted by Gasteiger charge is 2.14. The number of aliphatic carboxylic acids is 1. The van der Waals surface area contributed by atoms with Crippen molar-refractivity contribution < 1.29 is 24.2 Å². The molecule has 0 spiro atoms. The van der Waals surface area contributed by atoms with Gasteiger partial charge in [0.1, 0.15) is 11.6 Å². The van der Waals surface area contributed by atoms with Crippen molar-refractivity contribution in [2.24, 2.45) is 0 Å². The molecule has 0 aliphatic rings. The van der Waals surface area contributed by atoms with Gasteiger partial charge < -0.3 is 19.9 Å². The van der Waals surface area contributed by atoms with Crippen LogP contribution in [0.15, 0.2) is 46.4 Å². The number of methoxy groups -OCH3 is 1. The van der Waals surface area contributed by atoms with Gasteiger partial charge in [0.15, 0.2) is 18.1 Å². The zero-order valence-electron chi connectivity index (χ0n) is 14.5. The standard InChI is InChI=1S/C19H14BrClN2O5/c1-27-16-6-11(15(20)8-17(16)28-10-18(24)25)5-12(9-22)19(26)23-14-4-2-3-13(21)7-14/h2-8H,10H2,1H3,(H,23,26)(H,24,25)/b12-5+. The fourth-order valence-corrected chi connectivity index (χ4v) is 2.77. The molecule has 0 aliphatic heterocycles. The molecule has 28 heavy (non-hydrogen) atoms.